The first-order valence-electron chi connectivity index (χ1n) is 6.50. The highest BCUT2D eigenvalue weighted by Crippen LogP contribution is 2.30. The molecule has 1 N–H and O–H groups in total. The molecule has 1 fully saturated rings. The third-order valence-electron chi connectivity index (χ3n) is 3.30. The molecule has 1 aliphatic heterocycles. The summed E-state index contributed by atoms with van der Waals surface area (Å²) in [5.74, 6) is -0.0914. The molecule has 1 amide bonds. The minimum atomic E-state index is -0.229. The predicted molar refractivity (Wildman–Crippen MR) is 82.8 cm³/mol. The third kappa shape index (κ3) is 3.51. The number of halogens is 2. The van der Waals surface area contributed by atoms with Crippen molar-refractivity contribution in [2.45, 2.75) is 25.3 Å². The van der Waals surface area contributed by atoms with Gasteiger partial charge in [-0.1, -0.05) is 34.0 Å². The van der Waals surface area contributed by atoms with Gasteiger partial charge in [-0.05, 0) is 37.6 Å². The number of nitrogens with zero attached hydrogens (tertiary/aromatic N) is 2. The van der Waals surface area contributed by atoms with Gasteiger partial charge in [-0.25, -0.2) is 0 Å². The van der Waals surface area contributed by atoms with Crippen molar-refractivity contribution >= 4 is 39.1 Å². The van der Waals surface area contributed by atoms with Gasteiger partial charge in [0, 0.05) is 4.47 Å². The van der Waals surface area contributed by atoms with E-state index in [0.717, 1.165) is 30.3 Å². The number of nitriles is 1. The Labute approximate surface area is 131 Å². The fourth-order valence-electron chi connectivity index (χ4n) is 2.30. The Hall–Kier alpha value is -1.09. The summed E-state index contributed by atoms with van der Waals surface area (Å²) in [6.07, 6.45) is 2.90. The normalized spacial score (nSPS) is 18.4. The fraction of sp³-hybridized carbons (Fsp3) is 0.429. The third-order valence-corrected chi connectivity index (χ3v) is 4.12. The number of rotatable bonds is 3. The van der Waals surface area contributed by atoms with Gasteiger partial charge in [-0.3, -0.25) is 9.69 Å². The molecule has 6 heteroatoms. The zero-order valence-electron chi connectivity index (χ0n) is 10.9. The predicted octanol–water partition coefficient (Wildman–Crippen LogP) is 3.10. The minimum Gasteiger partial charge on any atom is -0.306 e. The van der Waals surface area contributed by atoms with Crippen LogP contribution in [0.2, 0.25) is 5.02 Å². The van der Waals surface area contributed by atoms with Crippen LogP contribution in [0.15, 0.2) is 22.7 Å². The van der Waals surface area contributed by atoms with Crippen LogP contribution in [0.5, 0.6) is 0 Å². The van der Waals surface area contributed by atoms with Crippen molar-refractivity contribution in [3.8, 4) is 6.07 Å². The quantitative estimate of drug-likeness (QED) is 0.847. The van der Waals surface area contributed by atoms with Crippen molar-refractivity contribution in [3.05, 3.63) is 27.7 Å². The highest BCUT2D eigenvalue weighted by Gasteiger charge is 2.27. The van der Waals surface area contributed by atoms with Gasteiger partial charge in [0.05, 0.1) is 22.8 Å². The van der Waals surface area contributed by atoms with Gasteiger partial charge in [0.1, 0.15) is 6.54 Å². The lowest BCUT2D eigenvalue weighted by Gasteiger charge is -2.29. The second kappa shape index (κ2) is 7.07. The van der Waals surface area contributed by atoms with E-state index in [9.17, 15) is 4.79 Å². The van der Waals surface area contributed by atoms with Crippen LogP contribution in [0.25, 0.3) is 0 Å². The fourth-order valence-corrected chi connectivity index (χ4v) is 2.86. The molecule has 1 aromatic rings. The molecule has 1 aliphatic rings. The van der Waals surface area contributed by atoms with E-state index in [1.165, 1.54) is 4.90 Å². The van der Waals surface area contributed by atoms with Crippen LogP contribution in [0.3, 0.4) is 0 Å². The number of hydrogen-bond acceptors (Lipinski definition) is 3. The van der Waals surface area contributed by atoms with Crippen LogP contribution in [0.4, 0.5) is 5.69 Å². The monoisotopic (exact) mass is 355 g/mol. The molecule has 0 aromatic heterocycles. The Morgan fingerprint density at radius 3 is 3.00 bits per heavy atom. The number of benzene rings is 1. The summed E-state index contributed by atoms with van der Waals surface area (Å²) in [6.45, 7) is 0.830. The molecule has 1 saturated heterocycles. The van der Waals surface area contributed by atoms with Crippen LogP contribution in [0, 0.1) is 11.3 Å². The summed E-state index contributed by atoms with van der Waals surface area (Å²) in [6, 6.07) is 7.09. The van der Waals surface area contributed by atoms with Crippen LogP contribution < -0.4 is 10.2 Å². The molecule has 2 rings (SSSR count). The number of nitrogens with one attached hydrogen (secondary N) is 1. The molecular formula is C14H15BrClN3O. The van der Waals surface area contributed by atoms with E-state index in [4.69, 9.17) is 16.9 Å². The smallest absolute Gasteiger partial charge is 0.245 e. The van der Waals surface area contributed by atoms with Crippen molar-refractivity contribution in [1.29, 1.82) is 5.26 Å². The second-order valence-electron chi connectivity index (χ2n) is 4.68. The van der Waals surface area contributed by atoms with Crippen molar-refractivity contribution in [2.75, 3.05) is 18.0 Å². The van der Waals surface area contributed by atoms with E-state index in [-0.39, 0.29) is 18.5 Å². The second-order valence-corrected chi connectivity index (χ2v) is 6.00. The van der Waals surface area contributed by atoms with E-state index in [1.807, 2.05) is 6.07 Å². The zero-order valence-corrected chi connectivity index (χ0v) is 13.2. The number of piperidine rings is 1. The van der Waals surface area contributed by atoms with Crippen LogP contribution in [0.1, 0.15) is 19.3 Å². The van der Waals surface area contributed by atoms with E-state index in [1.54, 1.807) is 18.2 Å². The molecule has 4 nitrogen and oxygen atoms in total. The first-order chi connectivity index (χ1) is 9.63. The first-order valence-corrected chi connectivity index (χ1v) is 7.67. The lowest BCUT2D eigenvalue weighted by atomic mass is 10.0. The molecule has 1 atom stereocenters. The Morgan fingerprint density at radius 2 is 2.35 bits per heavy atom. The Balaban J connectivity index is 2.28. The molecule has 1 aromatic carbocycles. The summed E-state index contributed by atoms with van der Waals surface area (Å²) >= 11 is 9.53. The van der Waals surface area contributed by atoms with E-state index < -0.39 is 0 Å². The van der Waals surface area contributed by atoms with Gasteiger partial charge in [-0.2, -0.15) is 5.26 Å². The molecule has 0 radical (unpaired) electrons. The van der Waals surface area contributed by atoms with Crippen LogP contribution in [-0.4, -0.2) is 25.0 Å². The van der Waals surface area contributed by atoms with Crippen molar-refractivity contribution in [3.63, 3.8) is 0 Å². The maximum Gasteiger partial charge on any atom is 0.245 e. The average molecular weight is 357 g/mol. The van der Waals surface area contributed by atoms with Gasteiger partial charge in [0.25, 0.3) is 0 Å². The van der Waals surface area contributed by atoms with Gasteiger partial charge in [0.15, 0.2) is 0 Å². The maximum absolute atomic E-state index is 12.6. The Kier molecular flexibility index (Phi) is 5.41. The summed E-state index contributed by atoms with van der Waals surface area (Å²) < 4.78 is 0.823. The van der Waals surface area contributed by atoms with E-state index in [0.29, 0.717) is 10.7 Å². The Morgan fingerprint density at radius 1 is 1.55 bits per heavy atom. The number of amides is 1. The van der Waals surface area contributed by atoms with Gasteiger partial charge >= 0.3 is 0 Å². The van der Waals surface area contributed by atoms with E-state index in [2.05, 4.69) is 21.2 Å². The lowest BCUT2D eigenvalue weighted by Crippen LogP contribution is -2.49. The number of hydrogen-bond donors (Lipinski definition) is 1. The SMILES string of the molecule is N#CCN(C(=O)C1CCCCN1)c1cc(Br)ccc1Cl. The molecule has 20 heavy (non-hydrogen) atoms. The maximum atomic E-state index is 12.6. The summed E-state index contributed by atoms with van der Waals surface area (Å²) in [7, 11) is 0. The lowest BCUT2D eigenvalue weighted by molar-refractivity contribution is -0.121. The molecule has 0 saturated carbocycles. The molecule has 1 unspecified atom stereocenters. The zero-order chi connectivity index (χ0) is 14.5. The molecule has 106 valence electrons. The van der Waals surface area contributed by atoms with Crippen LogP contribution in [-0.2, 0) is 4.79 Å². The van der Waals surface area contributed by atoms with Gasteiger partial charge < -0.3 is 5.32 Å². The number of carbonyl (C=O) groups is 1. The summed E-state index contributed by atoms with van der Waals surface area (Å²) in [4.78, 5) is 14.0. The van der Waals surface area contributed by atoms with Gasteiger partial charge in [-0.15, -0.1) is 0 Å². The van der Waals surface area contributed by atoms with Gasteiger partial charge in [0.2, 0.25) is 5.91 Å². The largest absolute Gasteiger partial charge is 0.306 e. The van der Waals surface area contributed by atoms with Crippen molar-refractivity contribution < 1.29 is 4.79 Å². The summed E-state index contributed by atoms with van der Waals surface area (Å²) in [5.41, 5.74) is 0.569. The topological polar surface area (TPSA) is 56.1 Å². The molecule has 0 aliphatic carbocycles. The van der Waals surface area contributed by atoms with E-state index >= 15 is 0 Å². The first kappa shape index (κ1) is 15.3. The highest BCUT2D eigenvalue weighted by atomic mass is 79.9. The molecule has 0 spiro atoms. The Bertz CT molecular complexity index is 538. The standard InChI is InChI=1S/C14H15BrClN3O/c15-10-4-5-11(16)13(9-10)19(8-6-17)14(20)12-3-1-2-7-18-12/h4-5,9,12,18H,1-3,7-8H2. The molecule has 0 bridgehead atoms. The molecular weight excluding hydrogens is 342 g/mol. The minimum absolute atomic E-state index is 0.00676. The molecule has 1 heterocycles. The van der Waals surface area contributed by atoms with Crippen molar-refractivity contribution in [1.82, 2.24) is 5.32 Å². The number of carbonyl (C=O) groups excluding carboxylic acids is 1. The average Bonchev–Trinajstić information content (AvgIpc) is 2.48. The van der Waals surface area contributed by atoms with Crippen LogP contribution >= 0.6 is 27.5 Å². The highest BCUT2D eigenvalue weighted by molar-refractivity contribution is 9.10. The summed E-state index contributed by atoms with van der Waals surface area (Å²) in [5, 5.41) is 12.7. The number of anilines is 1. The van der Waals surface area contributed by atoms with Crippen molar-refractivity contribution in [2.24, 2.45) is 0 Å².